The predicted octanol–water partition coefficient (Wildman–Crippen LogP) is 2.24. The summed E-state index contributed by atoms with van der Waals surface area (Å²) in [6.07, 6.45) is 0. The molecule has 0 heterocycles. The highest BCUT2D eigenvalue weighted by atomic mass is 16.5. The summed E-state index contributed by atoms with van der Waals surface area (Å²) in [5.74, 6) is 0.786. The van der Waals surface area contributed by atoms with E-state index in [9.17, 15) is 9.59 Å². The molecule has 0 fully saturated rings. The topological polar surface area (TPSA) is 67.9 Å². The van der Waals surface area contributed by atoms with E-state index < -0.39 is 6.04 Å². The summed E-state index contributed by atoms with van der Waals surface area (Å²) in [5.41, 5.74) is 0.945. The number of likely N-dealkylation sites (N-methyl/N-ethyl adjacent to an activating group) is 1. The van der Waals surface area contributed by atoms with Crippen molar-refractivity contribution in [3.63, 3.8) is 0 Å². The van der Waals surface area contributed by atoms with E-state index in [1.165, 1.54) is 4.90 Å². The molecule has 1 unspecified atom stereocenters. The molecule has 1 atom stereocenters. The van der Waals surface area contributed by atoms with Crippen LogP contribution in [0.1, 0.15) is 12.5 Å². The molecule has 0 radical (unpaired) electrons. The van der Waals surface area contributed by atoms with Crippen LogP contribution in [0, 0.1) is 0 Å². The van der Waals surface area contributed by atoms with Crippen LogP contribution in [0.15, 0.2) is 54.6 Å². The molecular formula is C20H24N2O4. The first-order valence-corrected chi connectivity index (χ1v) is 8.37. The first-order chi connectivity index (χ1) is 12.5. The third kappa shape index (κ3) is 5.24. The van der Waals surface area contributed by atoms with Crippen LogP contribution in [0.5, 0.6) is 11.5 Å². The van der Waals surface area contributed by atoms with E-state index in [-0.39, 0.29) is 18.4 Å². The number of benzene rings is 2. The van der Waals surface area contributed by atoms with Crippen LogP contribution in [0.3, 0.4) is 0 Å². The maximum atomic E-state index is 12.7. The molecule has 6 nitrogen and oxygen atoms in total. The zero-order chi connectivity index (χ0) is 18.9. The molecule has 2 aromatic rings. The molecule has 0 aromatic heterocycles. The molecule has 0 spiro atoms. The van der Waals surface area contributed by atoms with Crippen LogP contribution in [0.2, 0.25) is 0 Å². The van der Waals surface area contributed by atoms with E-state index in [0.29, 0.717) is 18.0 Å². The normalized spacial score (nSPS) is 11.3. The lowest BCUT2D eigenvalue weighted by molar-refractivity contribution is -0.142. The van der Waals surface area contributed by atoms with Gasteiger partial charge in [0.1, 0.15) is 17.5 Å². The molecule has 2 aromatic carbocycles. The fourth-order valence-electron chi connectivity index (χ4n) is 2.47. The quantitative estimate of drug-likeness (QED) is 0.788. The molecule has 2 amide bonds. The van der Waals surface area contributed by atoms with Gasteiger partial charge in [-0.25, -0.2) is 0 Å². The van der Waals surface area contributed by atoms with Crippen LogP contribution in [-0.4, -0.2) is 43.5 Å². The first-order valence-electron chi connectivity index (χ1n) is 8.37. The Labute approximate surface area is 153 Å². The zero-order valence-corrected chi connectivity index (χ0v) is 15.3. The van der Waals surface area contributed by atoms with Crippen molar-refractivity contribution in [1.29, 1.82) is 0 Å². The van der Waals surface area contributed by atoms with Crippen molar-refractivity contribution in [1.82, 2.24) is 10.2 Å². The lowest BCUT2D eigenvalue weighted by Gasteiger charge is -2.28. The van der Waals surface area contributed by atoms with Gasteiger partial charge in [-0.15, -0.1) is 0 Å². The van der Waals surface area contributed by atoms with Gasteiger partial charge in [0, 0.05) is 13.6 Å². The number of hydrogen-bond donors (Lipinski definition) is 1. The minimum absolute atomic E-state index is 0.152. The van der Waals surface area contributed by atoms with E-state index in [1.807, 2.05) is 30.3 Å². The second-order valence-corrected chi connectivity index (χ2v) is 5.76. The molecule has 6 heteroatoms. The van der Waals surface area contributed by atoms with Gasteiger partial charge >= 0.3 is 0 Å². The average Bonchev–Trinajstić information content (AvgIpc) is 2.70. The van der Waals surface area contributed by atoms with Crippen molar-refractivity contribution in [2.24, 2.45) is 0 Å². The van der Waals surface area contributed by atoms with Gasteiger partial charge in [-0.1, -0.05) is 30.3 Å². The lowest BCUT2D eigenvalue weighted by Crippen LogP contribution is -2.48. The Balaban J connectivity index is 2.07. The molecular weight excluding hydrogens is 332 g/mol. The van der Waals surface area contributed by atoms with Crippen molar-refractivity contribution in [3.05, 3.63) is 60.2 Å². The van der Waals surface area contributed by atoms with Gasteiger partial charge < -0.3 is 19.7 Å². The monoisotopic (exact) mass is 356 g/mol. The number of methoxy groups -OCH3 is 1. The maximum absolute atomic E-state index is 12.7. The van der Waals surface area contributed by atoms with Crippen molar-refractivity contribution in [2.45, 2.75) is 19.5 Å². The van der Waals surface area contributed by atoms with E-state index in [1.54, 1.807) is 45.3 Å². The van der Waals surface area contributed by atoms with Gasteiger partial charge in [-0.05, 0) is 36.8 Å². The highest BCUT2D eigenvalue weighted by Gasteiger charge is 2.25. The standard InChI is InChI=1S/C20H24N2O4/c1-15(20(24)21-2)22(13-16-7-5-4-6-8-16)19(23)14-26-18-11-9-17(25-3)10-12-18/h4-12,15H,13-14H2,1-3H3,(H,21,24). The Morgan fingerprint density at radius 2 is 1.65 bits per heavy atom. The molecule has 0 bridgehead atoms. The first kappa shape index (κ1) is 19.3. The lowest BCUT2D eigenvalue weighted by atomic mass is 10.1. The summed E-state index contributed by atoms with van der Waals surface area (Å²) < 4.78 is 10.7. The fourth-order valence-corrected chi connectivity index (χ4v) is 2.47. The SMILES string of the molecule is CNC(=O)C(C)N(Cc1ccccc1)C(=O)COc1ccc(OC)cc1. The van der Waals surface area contributed by atoms with Crippen molar-refractivity contribution >= 4 is 11.8 Å². The molecule has 0 aliphatic heterocycles. The highest BCUT2D eigenvalue weighted by molar-refractivity contribution is 5.87. The molecule has 1 N–H and O–H groups in total. The Kier molecular flexibility index (Phi) is 7.02. The van der Waals surface area contributed by atoms with Crippen LogP contribution in [0.4, 0.5) is 0 Å². The smallest absolute Gasteiger partial charge is 0.261 e. The number of rotatable bonds is 8. The molecule has 26 heavy (non-hydrogen) atoms. The highest BCUT2D eigenvalue weighted by Crippen LogP contribution is 2.17. The van der Waals surface area contributed by atoms with E-state index >= 15 is 0 Å². The fraction of sp³-hybridized carbons (Fsp3) is 0.300. The molecule has 0 aliphatic carbocycles. The van der Waals surface area contributed by atoms with E-state index in [2.05, 4.69) is 5.32 Å². The summed E-state index contributed by atoms with van der Waals surface area (Å²) in [7, 11) is 3.14. The van der Waals surface area contributed by atoms with Gasteiger partial charge in [0.25, 0.3) is 5.91 Å². The number of nitrogens with one attached hydrogen (secondary N) is 1. The number of hydrogen-bond acceptors (Lipinski definition) is 4. The number of carbonyl (C=O) groups excluding carboxylic acids is 2. The van der Waals surface area contributed by atoms with Crippen LogP contribution in [0.25, 0.3) is 0 Å². The summed E-state index contributed by atoms with van der Waals surface area (Å²) in [4.78, 5) is 26.2. The van der Waals surface area contributed by atoms with E-state index in [0.717, 1.165) is 5.56 Å². The number of ether oxygens (including phenoxy) is 2. The van der Waals surface area contributed by atoms with Crippen molar-refractivity contribution in [3.8, 4) is 11.5 Å². The van der Waals surface area contributed by atoms with Gasteiger partial charge in [-0.2, -0.15) is 0 Å². The Hall–Kier alpha value is -3.02. The van der Waals surface area contributed by atoms with Crippen LogP contribution < -0.4 is 14.8 Å². The Morgan fingerprint density at radius 1 is 1.04 bits per heavy atom. The number of nitrogens with zero attached hydrogens (tertiary/aromatic N) is 1. The maximum Gasteiger partial charge on any atom is 0.261 e. The Morgan fingerprint density at radius 3 is 2.23 bits per heavy atom. The third-order valence-corrected chi connectivity index (χ3v) is 4.03. The van der Waals surface area contributed by atoms with Gasteiger partial charge in [-0.3, -0.25) is 9.59 Å². The molecule has 0 saturated carbocycles. The molecule has 2 rings (SSSR count). The van der Waals surface area contributed by atoms with Crippen LogP contribution in [-0.2, 0) is 16.1 Å². The summed E-state index contributed by atoms with van der Waals surface area (Å²) in [6.45, 7) is 1.88. The van der Waals surface area contributed by atoms with Crippen molar-refractivity contribution < 1.29 is 19.1 Å². The average molecular weight is 356 g/mol. The van der Waals surface area contributed by atoms with Gasteiger partial charge in [0.2, 0.25) is 5.91 Å². The van der Waals surface area contributed by atoms with E-state index in [4.69, 9.17) is 9.47 Å². The second kappa shape index (κ2) is 9.46. The third-order valence-electron chi connectivity index (χ3n) is 4.03. The largest absolute Gasteiger partial charge is 0.497 e. The molecule has 0 saturated heterocycles. The number of carbonyl (C=O) groups is 2. The number of amides is 2. The zero-order valence-electron chi connectivity index (χ0n) is 15.3. The summed E-state index contributed by atoms with van der Waals surface area (Å²) >= 11 is 0. The summed E-state index contributed by atoms with van der Waals surface area (Å²) in [5, 5.41) is 2.58. The van der Waals surface area contributed by atoms with Crippen LogP contribution >= 0.6 is 0 Å². The molecule has 138 valence electrons. The van der Waals surface area contributed by atoms with Gasteiger partial charge in [0.05, 0.1) is 7.11 Å². The predicted molar refractivity (Wildman–Crippen MR) is 99.0 cm³/mol. The minimum Gasteiger partial charge on any atom is -0.497 e. The summed E-state index contributed by atoms with van der Waals surface area (Å²) in [6, 6.07) is 15.9. The van der Waals surface area contributed by atoms with Crippen molar-refractivity contribution in [2.75, 3.05) is 20.8 Å². The minimum atomic E-state index is -0.604. The molecule has 0 aliphatic rings. The van der Waals surface area contributed by atoms with Gasteiger partial charge in [0.15, 0.2) is 6.61 Å². The second-order valence-electron chi connectivity index (χ2n) is 5.76. The Bertz CT molecular complexity index is 716.